The van der Waals surface area contributed by atoms with Crippen molar-refractivity contribution in [1.29, 1.82) is 0 Å². The van der Waals surface area contributed by atoms with Crippen LogP contribution in [-0.4, -0.2) is 34.5 Å². The monoisotopic (exact) mass is 239 g/mol. The summed E-state index contributed by atoms with van der Waals surface area (Å²) in [5.74, 6) is -1.10. The Morgan fingerprint density at radius 2 is 2.06 bits per heavy atom. The molecule has 0 bridgehead atoms. The summed E-state index contributed by atoms with van der Waals surface area (Å²) in [5, 5.41) is 8.65. The first-order chi connectivity index (χ1) is 7.93. The van der Waals surface area contributed by atoms with Crippen LogP contribution in [0.1, 0.15) is 36.2 Å². The van der Waals surface area contributed by atoms with Crippen molar-refractivity contribution in [1.82, 2.24) is 4.90 Å². The summed E-state index contributed by atoms with van der Waals surface area (Å²) in [4.78, 5) is 24.2. The van der Waals surface area contributed by atoms with Crippen molar-refractivity contribution >= 4 is 11.9 Å². The molecule has 1 aromatic heterocycles. The summed E-state index contributed by atoms with van der Waals surface area (Å²) in [6.07, 6.45) is 2.84. The normalized spacial score (nSPS) is 10.6. The number of hydrogen-bond donors (Lipinski definition) is 1. The molecule has 0 radical (unpaired) electrons. The van der Waals surface area contributed by atoms with Crippen molar-refractivity contribution in [2.45, 2.75) is 33.2 Å². The maximum absolute atomic E-state index is 12.2. The second kappa shape index (κ2) is 5.52. The number of carbonyl (C=O) groups is 2. The van der Waals surface area contributed by atoms with Crippen molar-refractivity contribution < 1.29 is 19.1 Å². The van der Waals surface area contributed by atoms with Crippen LogP contribution in [-0.2, 0) is 4.79 Å². The quantitative estimate of drug-likeness (QED) is 0.852. The van der Waals surface area contributed by atoms with Crippen LogP contribution < -0.4 is 0 Å². The Morgan fingerprint density at radius 1 is 1.41 bits per heavy atom. The minimum Gasteiger partial charge on any atom is -0.481 e. The number of carbonyl (C=O) groups excluding carboxylic acids is 1. The number of hydrogen-bond acceptors (Lipinski definition) is 3. The number of furan rings is 1. The molecular weight excluding hydrogens is 222 g/mol. The van der Waals surface area contributed by atoms with Crippen LogP contribution in [0.2, 0.25) is 0 Å². The van der Waals surface area contributed by atoms with Gasteiger partial charge in [-0.2, -0.15) is 0 Å². The van der Waals surface area contributed by atoms with Crippen LogP contribution in [0.3, 0.4) is 0 Å². The molecule has 0 unspecified atom stereocenters. The highest BCUT2D eigenvalue weighted by atomic mass is 16.4. The molecule has 0 saturated carbocycles. The molecule has 5 heteroatoms. The fourth-order valence-corrected chi connectivity index (χ4v) is 1.54. The predicted molar refractivity (Wildman–Crippen MR) is 61.9 cm³/mol. The van der Waals surface area contributed by atoms with E-state index in [0.717, 1.165) is 5.56 Å². The second-order valence-electron chi connectivity index (χ2n) is 4.20. The second-order valence-corrected chi connectivity index (χ2v) is 4.20. The molecule has 0 atom stereocenters. The zero-order valence-electron chi connectivity index (χ0n) is 10.3. The maximum atomic E-state index is 12.2. The van der Waals surface area contributed by atoms with Crippen molar-refractivity contribution in [3.05, 3.63) is 23.7 Å². The van der Waals surface area contributed by atoms with Gasteiger partial charge in [-0.3, -0.25) is 9.59 Å². The standard InChI is InChI=1S/C12H17NO4/c1-8(2)13(5-4-11(14)15)12(16)10-7-17-6-9(10)3/h6-8H,4-5H2,1-3H3,(H,14,15). The highest BCUT2D eigenvalue weighted by molar-refractivity contribution is 5.95. The van der Waals surface area contributed by atoms with E-state index in [9.17, 15) is 9.59 Å². The van der Waals surface area contributed by atoms with Gasteiger partial charge in [-0.1, -0.05) is 0 Å². The molecule has 1 rings (SSSR count). The minimum absolute atomic E-state index is 0.0452. The molecule has 0 aromatic carbocycles. The molecule has 1 N–H and O–H groups in total. The van der Waals surface area contributed by atoms with Crippen LogP contribution in [0, 0.1) is 6.92 Å². The van der Waals surface area contributed by atoms with Crippen LogP contribution >= 0.6 is 0 Å². The van der Waals surface area contributed by atoms with Gasteiger partial charge in [-0.05, 0) is 26.3 Å². The van der Waals surface area contributed by atoms with E-state index in [4.69, 9.17) is 9.52 Å². The third-order valence-corrected chi connectivity index (χ3v) is 2.54. The van der Waals surface area contributed by atoms with E-state index in [1.807, 2.05) is 13.8 Å². The van der Waals surface area contributed by atoms with Crippen LogP contribution in [0.4, 0.5) is 0 Å². The summed E-state index contributed by atoms with van der Waals surface area (Å²) in [5.41, 5.74) is 1.25. The lowest BCUT2D eigenvalue weighted by Gasteiger charge is -2.25. The zero-order chi connectivity index (χ0) is 13.0. The van der Waals surface area contributed by atoms with Gasteiger partial charge in [0.25, 0.3) is 5.91 Å². The first-order valence-electron chi connectivity index (χ1n) is 5.49. The van der Waals surface area contributed by atoms with Gasteiger partial charge >= 0.3 is 5.97 Å². The molecule has 17 heavy (non-hydrogen) atoms. The molecule has 94 valence electrons. The molecular formula is C12H17NO4. The van der Waals surface area contributed by atoms with E-state index in [1.165, 1.54) is 17.4 Å². The molecule has 1 amide bonds. The lowest BCUT2D eigenvalue weighted by Crippen LogP contribution is -2.38. The van der Waals surface area contributed by atoms with Crippen molar-refractivity contribution in [3.8, 4) is 0 Å². The molecule has 0 aliphatic heterocycles. The van der Waals surface area contributed by atoms with Crippen molar-refractivity contribution in [3.63, 3.8) is 0 Å². The average molecular weight is 239 g/mol. The van der Waals surface area contributed by atoms with Crippen molar-refractivity contribution in [2.75, 3.05) is 6.54 Å². The topological polar surface area (TPSA) is 70.8 Å². The largest absolute Gasteiger partial charge is 0.481 e. The Morgan fingerprint density at radius 3 is 2.47 bits per heavy atom. The predicted octanol–water partition coefficient (Wildman–Crippen LogP) is 1.91. The summed E-state index contributed by atoms with van der Waals surface area (Å²) < 4.78 is 4.96. The van der Waals surface area contributed by atoms with Crippen LogP contribution in [0.15, 0.2) is 16.9 Å². The number of carboxylic acid groups (broad SMARTS) is 1. The van der Waals surface area contributed by atoms with E-state index in [1.54, 1.807) is 6.92 Å². The number of carboxylic acids is 1. The molecule has 0 saturated heterocycles. The molecule has 1 heterocycles. The first kappa shape index (κ1) is 13.3. The Hall–Kier alpha value is -1.78. The van der Waals surface area contributed by atoms with Gasteiger partial charge in [-0.25, -0.2) is 0 Å². The van der Waals surface area contributed by atoms with E-state index in [-0.39, 0.29) is 24.9 Å². The Kier molecular flexibility index (Phi) is 4.31. The first-order valence-corrected chi connectivity index (χ1v) is 5.49. The SMILES string of the molecule is Cc1cocc1C(=O)N(CCC(=O)O)C(C)C. The Bertz CT molecular complexity index is 408. The van der Waals surface area contributed by atoms with Crippen molar-refractivity contribution in [2.24, 2.45) is 0 Å². The number of aliphatic carboxylic acids is 1. The van der Waals surface area contributed by atoms with Gasteiger partial charge in [-0.15, -0.1) is 0 Å². The maximum Gasteiger partial charge on any atom is 0.305 e. The Labute approximate surface area is 100 Å². The number of aryl methyl sites for hydroxylation is 1. The van der Waals surface area contributed by atoms with E-state index in [0.29, 0.717) is 5.56 Å². The lowest BCUT2D eigenvalue weighted by molar-refractivity contribution is -0.137. The van der Waals surface area contributed by atoms with E-state index < -0.39 is 5.97 Å². The minimum atomic E-state index is -0.910. The highest BCUT2D eigenvalue weighted by Crippen LogP contribution is 2.14. The van der Waals surface area contributed by atoms with Crippen LogP contribution in [0.5, 0.6) is 0 Å². The van der Waals surface area contributed by atoms with Gasteiger partial charge in [0.15, 0.2) is 0 Å². The smallest absolute Gasteiger partial charge is 0.305 e. The summed E-state index contributed by atoms with van der Waals surface area (Å²) in [6, 6.07) is -0.0452. The molecule has 0 aliphatic rings. The summed E-state index contributed by atoms with van der Waals surface area (Å²) in [6.45, 7) is 5.70. The molecule has 1 aromatic rings. The van der Waals surface area contributed by atoms with Crippen LogP contribution in [0.25, 0.3) is 0 Å². The van der Waals surface area contributed by atoms with Gasteiger partial charge in [0, 0.05) is 12.6 Å². The third kappa shape index (κ3) is 3.34. The molecule has 0 fully saturated rings. The Balaban J connectivity index is 2.81. The van der Waals surface area contributed by atoms with Gasteiger partial charge in [0.2, 0.25) is 0 Å². The molecule has 5 nitrogen and oxygen atoms in total. The van der Waals surface area contributed by atoms with Gasteiger partial charge in [0.1, 0.15) is 6.26 Å². The fraction of sp³-hybridized carbons (Fsp3) is 0.500. The summed E-state index contributed by atoms with van der Waals surface area (Å²) >= 11 is 0. The van der Waals surface area contributed by atoms with E-state index in [2.05, 4.69) is 0 Å². The fourth-order valence-electron chi connectivity index (χ4n) is 1.54. The van der Waals surface area contributed by atoms with E-state index >= 15 is 0 Å². The highest BCUT2D eigenvalue weighted by Gasteiger charge is 2.21. The van der Waals surface area contributed by atoms with Gasteiger partial charge in [0.05, 0.1) is 18.2 Å². The third-order valence-electron chi connectivity index (χ3n) is 2.54. The average Bonchev–Trinajstić information content (AvgIpc) is 2.63. The zero-order valence-corrected chi connectivity index (χ0v) is 10.3. The molecule has 0 aliphatic carbocycles. The van der Waals surface area contributed by atoms with Gasteiger partial charge < -0.3 is 14.4 Å². The molecule has 0 spiro atoms. The number of nitrogens with zero attached hydrogens (tertiary/aromatic N) is 1. The number of rotatable bonds is 5. The lowest BCUT2D eigenvalue weighted by atomic mass is 10.1. The number of amides is 1. The summed E-state index contributed by atoms with van der Waals surface area (Å²) in [7, 11) is 0.